The summed E-state index contributed by atoms with van der Waals surface area (Å²) in [5.74, 6) is -0.133. The molecule has 6 nitrogen and oxygen atoms in total. The number of aromatic nitrogens is 3. The number of rotatable bonds is 6. The van der Waals surface area contributed by atoms with Gasteiger partial charge in [0.05, 0.1) is 17.6 Å². The molecule has 170 valence electrons. The first-order valence-electron chi connectivity index (χ1n) is 11.1. The fourth-order valence-corrected chi connectivity index (χ4v) is 4.36. The van der Waals surface area contributed by atoms with Gasteiger partial charge in [0.15, 0.2) is 0 Å². The minimum Gasteiger partial charge on any atom is -0.361 e. The largest absolute Gasteiger partial charge is 0.361 e. The van der Waals surface area contributed by atoms with E-state index in [0.717, 1.165) is 33.1 Å². The van der Waals surface area contributed by atoms with E-state index in [1.165, 1.54) is 0 Å². The number of para-hydroxylation sites is 2. The van der Waals surface area contributed by atoms with Crippen LogP contribution in [0.5, 0.6) is 0 Å². The topological polar surface area (TPSA) is 79.8 Å². The van der Waals surface area contributed by atoms with Crippen LogP contribution in [0.2, 0.25) is 5.02 Å². The predicted octanol–water partition coefficient (Wildman–Crippen LogP) is 4.86. The summed E-state index contributed by atoms with van der Waals surface area (Å²) in [6.45, 7) is 2.65. The lowest BCUT2D eigenvalue weighted by Crippen LogP contribution is -2.26. The molecule has 34 heavy (non-hydrogen) atoms. The molecule has 0 saturated carbocycles. The first kappa shape index (κ1) is 21.9. The van der Waals surface area contributed by atoms with E-state index in [2.05, 4.69) is 15.3 Å². The molecule has 0 radical (unpaired) electrons. The summed E-state index contributed by atoms with van der Waals surface area (Å²) in [7, 11) is 0. The van der Waals surface area contributed by atoms with Gasteiger partial charge < -0.3 is 14.9 Å². The van der Waals surface area contributed by atoms with Crippen molar-refractivity contribution in [1.82, 2.24) is 19.9 Å². The number of amides is 1. The van der Waals surface area contributed by atoms with E-state index in [4.69, 9.17) is 11.6 Å². The zero-order valence-electron chi connectivity index (χ0n) is 18.6. The summed E-state index contributed by atoms with van der Waals surface area (Å²) >= 11 is 6.12. The highest BCUT2D eigenvalue weighted by molar-refractivity contribution is 6.31. The van der Waals surface area contributed by atoms with Crippen molar-refractivity contribution in [3.05, 3.63) is 111 Å². The number of aromatic amines is 1. The van der Waals surface area contributed by atoms with Gasteiger partial charge in [0.25, 0.3) is 11.5 Å². The minimum absolute atomic E-state index is 0.112. The summed E-state index contributed by atoms with van der Waals surface area (Å²) in [5.41, 5.74) is 5.58. The lowest BCUT2D eigenvalue weighted by molar-refractivity contribution is 0.0954. The van der Waals surface area contributed by atoms with Crippen LogP contribution in [0.25, 0.3) is 21.9 Å². The van der Waals surface area contributed by atoms with E-state index in [1.807, 2.05) is 60.8 Å². The lowest BCUT2D eigenvalue weighted by atomic mass is 10.1. The quantitative estimate of drug-likeness (QED) is 0.372. The standard InChI is InChI=1S/C27H23ClN4O2/c1-17-27(34)32(25-5-3-2-4-24(25)31-17)16-18-6-8-19(9-7-18)26(33)29-13-12-20-15-30-23-11-10-21(28)14-22(20)23/h2-11,14-15,30H,12-13,16H2,1H3,(H,29,33). The molecule has 0 aliphatic heterocycles. The van der Waals surface area contributed by atoms with Crippen molar-refractivity contribution < 1.29 is 4.79 Å². The molecular weight excluding hydrogens is 448 g/mol. The zero-order valence-corrected chi connectivity index (χ0v) is 19.4. The number of carbonyl (C=O) groups is 1. The highest BCUT2D eigenvalue weighted by Gasteiger charge is 2.10. The first-order valence-corrected chi connectivity index (χ1v) is 11.5. The molecular formula is C27H23ClN4O2. The van der Waals surface area contributed by atoms with Crippen molar-refractivity contribution in [3.63, 3.8) is 0 Å². The molecule has 2 aromatic heterocycles. The Bertz CT molecular complexity index is 1570. The van der Waals surface area contributed by atoms with Crippen LogP contribution in [-0.2, 0) is 13.0 Å². The Balaban J connectivity index is 1.26. The molecule has 0 fully saturated rings. The third-order valence-corrected chi connectivity index (χ3v) is 6.22. The number of H-pyrrole nitrogens is 1. The van der Waals surface area contributed by atoms with E-state index in [0.29, 0.717) is 35.8 Å². The summed E-state index contributed by atoms with van der Waals surface area (Å²) in [6.07, 6.45) is 2.65. The van der Waals surface area contributed by atoms with Gasteiger partial charge in [-0.2, -0.15) is 0 Å². The number of fused-ring (bicyclic) bond motifs is 2. The van der Waals surface area contributed by atoms with Gasteiger partial charge in [-0.05, 0) is 66.9 Å². The second-order valence-corrected chi connectivity index (χ2v) is 8.72. The van der Waals surface area contributed by atoms with Gasteiger partial charge >= 0.3 is 0 Å². The van der Waals surface area contributed by atoms with Crippen LogP contribution in [0, 0.1) is 6.92 Å². The molecule has 0 unspecified atom stereocenters. The maximum atomic E-state index is 12.7. The molecule has 0 aliphatic rings. The van der Waals surface area contributed by atoms with Crippen molar-refractivity contribution in [3.8, 4) is 0 Å². The number of benzene rings is 3. The van der Waals surface area contributed by atoms with E-state index >= 15 is 0 Å². The first-order chi connectivity index (χ1) is 16.5. The Labute approximate surface area is 201 Å². The van der Waals surface area contributed by atoms with Crippen LogP contribution in [0.15, 0.2) is 77.7 Å². The molecule has 3 aromatic carbocycles. The third kappa shape index (κ3) is 4.32. The monoisotopic (exact) mass is 470 g/mol. The SMILES string of the molecule is Cc1nc2ccccc2n(Cc2ccc(C(=O)NCCc3c[nH]c4ccc(Cl)cc34)cc2)c1=O. The summed E-state index contributed by atoms with van der Waals surface area (Å²) < 4.78 is 1.72. The van der Waals surface area contributed by atoms with Crippen molar-refractivity contribution in [2.45, 2.75) is 19.9 Å². The number of aryl methyl sites for hydroxylation is 1. The zero-order chi connectivity index (χ0) is 23.7. The number of hydrogen-bond acceptors (Lipinski definition) is 3. The van der Waals surface area contributed by atoms with Gasteiger partial charge in [-0.1, -0.05) is 35.9 Å². The summed E-state index contributed by atoms with van der Waals surface area (Å²) in [5, 5.41) is 4.74. The van der Waals surface area contributed by atoms with Crippen LogP contribution < -0.4 is 10.9 Å². The fraction of sp³-hybridized carbons (Fsp3) is 0.148. The van der Waals surface area contributed by atoms with Crippen LogP contribution in [-0.4, -0.2) is 27.0 Å². The van der Waals surface area contributed by atoms with Crippen LogP contribution in [0.4, 0.5) is 0 Å². The van der Waals surface area contributed by atoms with Crippen LogP contribution >= 0.6 is 11.6 Å². The molecule has 7 heteroatoms. The van der Waals surface area contributed by atoms with Crippen molar-refractivity contribution in [2.24, 2.45) is 0 Å². The van der Waals surface area contributed by atoms with Gasteiger partial charge in [-0.15, -0.1) is 0 Å². The molecule has 0 bridgehead atoms. The summed E-state index contributed by atoms with van der Waals surface area (Å²) in [6, 6.07) is 20.7. The molecule has 2 heterocycles. The lowest BCUT2D eigenvalue weighted by Gasteiger charge is -2.12. The minimum atomic E-state index is -0.133. The highest BCUT2D eigenvalue weighted by Crippen LogP contribution is 2.22. The molecule has 1 amide bonds. The van der Waals surface area contributed by atoms with Crippen LogP contribution in [0.3, 0.4) is 0 Å². The fourth-order valence-electron chi connectivity index (χ4n) is 4.19. The van der Waals surface area contributed by atoms with E-state index in [1.54, 1.807) is 23.6 Å². The van der Waals surface area contributed by atoms with E-state index < -0.39 is 0 Å². The van der Waals surface area contributed by atoms with Crippen LogP contribution in [0.1, 0.15) is 27.2 Å². The predicted molar refractivity (Wildman–Crippen MR) is 136 cm³/mol. The number of nitrogens with one attached hydrogen (secondary N) is 2. The maximum Gasteiger partial charge on any atom is 0.272 e. The van der Waals surface area contributed by atoms with E-state index in [-0.39, 0.29) is 11.5 Å². The number of hydrogen-bond donors (Lipinski definition) is 2. The molecule has 0 aliphatic carbocycles. The average Bonchev–Trinajstić information content (AvgIpc) is 3.24. The van der Waals surface area contributed by atoms with E-state index in [9.17, 15) is 9.59 Å². The second-order valence-electron chi connectivity index (χ2n) is 8.28. The number of carbonyl (C=O) groups excluding carboxylic acids is 1. The van der Waals surface area contributed by atoms with Gasteiger partial charge in [0.2, 0.25) is 0 Å². The Kier molecular flexibility index (Phi) is 5.90. The molecule has 0 saturated heterocycles. The second kappa shape index (κ2) is 9.15. The van der Waals surface area contributed by atoms with Crippen molar-refractivity contribution >= 4 is 39.4 Å². The normalized spacial score (nSPS) is 11.2. The summed E-state index contributed by atoms with van der Waals surface area (Å²) in [4.78, 5) is 33.0. The van der Waals surface area contributed by atoms with Gasteiger partial charge in [-0.3, -0.25) is 9.59 Å². The number of halogens is 1. The molecule has 0 atom stereocenters. The smallest absolute Gasteiger partial charge is 0.272 e. The maximum absolute atomic E-state index is 12.7. The Morgan fingerprint density at radius 3 is 2.71 bits per heavy atom. The van der Waals surface area contributed by atoms with Gasteiger partial charge in [0, 0.05) is 34.2 Å². The highest BCUT2D eigenvalue weighted by atomic mass is 35.5. The van der Waals surface area contributed by atoms with Gasteiger partial charge in [-0.25, -0.2) is 4.98 Å². The molecule has 2 N–H and O–H groups in total. The van der Waals surface area contributed by atoms with Crippen molar-refractivity contribution in [1.29, 1.82) is 0 Å². The number of nitrogens with zero attached hydrogens (tertiary/aromatic N) is 2. The molecule has 5 rings (SSSR count). The Morgan fingerprint density at radius 1 is 1.09 bits per heavy atom. The Hall–Kier alpha value is -3.90. The van der Waals surface area contributed by atoms with Gasteiger partial charge in [0.1, 0.15) is 5.69 Å². The van der Waals surface area contributed by atoms with Crippen molar-refractivity contribution in [2.75, 3.05) is 6.54 Å². The molecule has 5 aromatic rings. The third-order valence-electron chi connectivity index (χ3n) is 5.98. The molecule has 0 spiro atoms. The Morgan fingerprint density at radius 2 is 1.88 bits per heavy atom. The average molecular weight is 471 g/mol.